The Kier molecular flexibility index (Phi) is 6.46. The summed E-state index contributed by atoms with van der Waals surface area (Å²) in [5, 5.41) is 7.36. The van der Waals surface area contributed by atoms with Crippen molar-refractivity contribution < 1.29 is 9.59 Å². The summed E-state index contributed by atoms with van der Waals surface area (Å²) >= 11 is 7.74. The first-order chi connectivity index (χ1) is 12.9. The standard InChI is InChI=1S/C18H14Br2N4O2S/c19-12-3-1-11(2-4-12)10-22-23-18(21)27-15-9-16(25)24(17(15)26)14-7-5-13(20)6-8-14/h1-8,10,15H,9H2,(H2,21,23). The maximum absolute atomic E-state index is 12.6. The maximum atomic E-state index is 12.6. The summed E-state index contributed by atoms with van der Waals surface area (Å²) in [6, 6.07) is 14.5. The first-order valence-corrected chi connectivity index (χ1v) is 10.3. The molecule has 0 bridgehead atoms. The smallest absolute Gasteiger partial charge is 0.247 e. The summed E-state index contributed by atoms with van der Waals surface area (Å²) in [6.45, 7) is 0. The number of nitrogens with two attached hydrogens (primary N) is 1. The van der Waals surface area contributed by atoms with Crippen LogP contribution in [0.15, 0.2) is 67.7 Å². The van der Waals surface area contributed by atoms with Crippen molar-refractivity contribution in [1.29, 1.82) is 0 Å². The van der Waals surface area contributed by atoms with Crippen molar-refractivity contribution in [2.75, 3.05) is 4.90 Å². The second-order valence-electron chi connectivity index (χ2n) is 5.59. The molecular weight excluding hydrogens is 496 g/mol. The minimum atomic E-state index is -0.604. The van der Waals surface area contributed by atoms with Gasteiger partial charge in [0.1, 0.15) is 5.25 Å². The molecule has 0 aliphatic carbocycles. The van der Waals surface area contributed by atoms with Crippen LogP contribution in [-0.2, 0) is 9.59 Å². The number of carbonyl (C=O) groups is 2. The number of rotatable bonds is 4. The molecular formula is C18H14Br2N4O2S. The van der Waals surface area contributed by atoms with Gasteiger partial charge in [0.2, 0.25) is 11.8 Å². The van der Waals surface area contributed by atoms with Gasteiger partial charge in [0.25, 0.3) is 0 Å². The van der Waals surface area contributed by atoms with Crippen LogP contribution in [0, 0.1) is 0 Å². The lowest BCUT2D eigenvalue weighted by atomic mass is 10.2. The van der Waals surface area contributed by atoms with Gasteiger partial charge in [0.05, 0.1) is 11.9 Å². The highest BCUT2D eigenvalue weighted by Crippen LogP contribution is 2.30. The van der Waals surface area contributed by atoms with Crippen LogP contribution < -0.4 is 10.6 Å². The quantitative estimate of drug-likeness (QED) is 0.293. The lowest BCUT2D eigenvalue weighted by Gasteiger charge is -2.14. The third-order valence-electron chi connectivity index (χ3n) is 3.69. The molecule has 9 heteroatoms. The van der Waals surface area contributed by atoms with Crippen molar-refractivity contribution in [2.24, 2.45) is 15.9 Å². The van der Waals surface area contributed by atoms with E-state index in [9.17, 15) is 9.59 Å². The van der Waals surface area contributed by atoms with E-state index in [-0.39, 0.29) is 23.4 Å². The fourth-order valence-corrected chi connectivity index (χ4v) is 3.77. The molecule has 2 amide bonds. The number of amides is 2. The second kappa shape index (κ2) is 8.81. The fraction of sp³-hybridized carbons (Fsp3) is 0.111. The van der Waals surface area contributed by atoms with Gasteiger partial charge in [0.15, 0.2) is 5.17 Å². The van der Waals surface area contributed by atoms with E-state index in [2.05, 4.69) is 42.1 Å². The van der Waals surface area contributed by atoms with E-state index < -0.39 is 5.25 Å². The van der Waals surface area contributed by atoms with Crippen LogP contribution >= 0.6 is 43.6 Å². The van der Waals surface area contributed by atoms with E-state index >= 15 is 0 Å². The van der Waals surface area contributed by atoms with Crippen molar-refractivity contribution in [3.63, 3.8) is 0 Å². The van der Waals surface area contributed by atoms with E-state index in [1.807, 2.05) is 24.3 Å². The summed E-state index contributed by atoms with van der Waals surface area (Å²) in [5.74, 6) is -0.562. The van der Waals surface area contributed by atoms with Gasteiger partial charge in [-0.05, 0) is 42.0 Å². The zero-order valence-corrected chi connectivity index (χ0v) is 17.9. The number of anilines is 1. The van der Waals surface area contributed by atoms with Gasteiger partial charge < -0.3 is 5.73 Å². The van der Waals surface area contributed by atoms with Crippen LogP contribution in [0.3, 0.4) is 0 Å². The van der Waals surface area contributed by atoms with Crippen LogP contribution in [0.5, 0.6) is 0 Å². The lowest BCUT2D eigenvalue weighted by Crippen LogP contribution is -2.31. The molecule has 0 radical (unpaired) electrons. The Labute approximate surface area is 177 Å². The predicted octanol–water partition coefficient (Wildman–Crippen LogP) is 3.93. The highest BCUT2D eigenvalue weighted by molar-refractivity contribution is 9.10. The molecule has 1 aliphatic heterocycles. The van der Waals surface area contributed by atoms with Gasteiger partial charge in [-0.3, -0.25) is 9.59 Å². The second-order valence-corrected chi connectivity index (χ2v) is 8.64. The number of benzene rings is 2. The molecule has 2 aromatic carbocycles. The van der Waals surface area contributed by atoms with Crippen molar-refractivity contribution in [2.45, 2.75) is 11.7 Å². The molecule has 6 nitrogen and oxygen atoms in total. The zero-order valence-electron chi connectivity index (χ0n) is 13.9. The Balaban J connectivity index is 1.64. The number of thioether (sulfide) groups is 1. The van der Waals surface area contributed by atoms with E-state index in [1.165, 1.54) is 4.90 Å². The first-order valence-electron chi connectivity index (χ1n) is 7.85. The summed E-state index contributed by atoms with van der Waals surface area (Å²) < 4.78 is 1.84. The Morgan fingerprint density at radius 2 is 1.67 bits per heavy atom. The molecule has 27 heavy (non-hydrogen) atoms. The van der Waals surface area contributed by atoms with Gasteiger partial charge >= 0.3 is 0 Å². The minimum Gasteiger partial charge on any atom is -0.377 e. The largest absolute Gasteiger partial charge is 0.377 e. The third kappa shape index (κ3) is 5.06. The van der Waals surface area contributed by atoms with Gasteiger partial charge in [0, 0.05) is 15.4 Å². The molecule has 3 rings (SSSR count). The SMILES string of the molecule is NC(=NN=Cc1ccc(Br)cc1)SC1CC(=O)N(c2ccc(Br)cc2)C1=O. The summed E-state index contributed by atoms with van der Waals surface area (Å²) in [4.78, 5) is 26.0. The van der Waals surface area contributed by atoms with Crippen molar-refractivity contribution in [3.05, 3.63) is 63.0 Å². The summed E-state index contributed by atoms with van der Waals surface area (Å²) in [7, 11) is 0. The molecule has 2 aromatic rings. The molecule has 1 atom stereocenters. The number of carbonyl (C=O) groups excluding carboxylic acids is 2. The van der Waals surface area contributed by atoms with Crippen LogP contribution in [0.1, 0.15) is 12.0 Å². The summed E-state index contributed by atoms with van der Waals surface area (Å²) in [6.07, 6.45) is 1.64. The Bertz CT molecular complexity index is 914. The van der Waals surface area contributed by atoms with Crippen LogP contribution in [-0.4, -0.2) is 28.4 Å². The van der Waals surface area contributed by atoms with Crippen LogP contribution in [0.2, 0.25) is 0 Å². The molecule has 1 fully saturated rings. The maximum Gasteiger partial charge on any atom is 0.247 e. The van der Waals surface area contributed by atoms with E-state index in [1.54, 1.807) is 30.5 Å². The van der Waals surface area contributed by atoms with Gasteiger partial charge in [-0.2, -0.15) is 5.10 Å². The molecule has 1 unspecified atom stereocenters. The molecule has 2 N–H and O–H groups in total. The Morgan fingerprint density at radius 1 is 1.07 bits per heavy atom. The average Bonchev–Trinajstić information content (AvgIpc) is 2.91. The zero-order chi connectivity index (χ0) is 19.4. The molecule has 0 aromatic heterocycles. The van der Waals surface area contributed by atoms with Crippen LogP contribution in [0.25, 0.3) is 0 Å². The van der Waals surface area contributed by atoms with E-state index in [0.717, 1.165) is 26.3 Å². The van der Waals surface area contributed by atoms with Crippen molar-refractivity contribution in [3.8, 4) is 0 Å². The Hall–Kier alpha value is -1.97. The van der Waals surface area contributed by atoms with Gasteiger partial charge in [-0.1, -0.05) is 55.8 Å². The minimum absolute atomic E-state index is 0.0756. The molecule has 1 heterocycles. The van der Waals surface area contributed by atoms with Crippen molar-refractivity contribution >= 4 is 72.5 Å². The normalized spacial score (nSPS) is 17.9. The molecule has 0 spiro atoms. The topological polar surface area (TPSA) is 88.1 Å². The average molecular weight is 510 g/mol. The summed E-state index contributed by atoms with van der Waals surface area (Å²) in [5.41, 5.74) is 7.27. The van der Waals surface area contributed by atoms with E-state index in [0.29, 0.717) is 5.69 Å². The van der Waals surface area contributed by atoms with Crippen molar-refractivity contribution in [1.82, 2.24) is 0 Å². The van der Waals surface area contributed by atoms with Gasteiger partial charge in [-0.25, -0.2) is 4.90 Å². The number of nitrogens with zero attached hydrogens (tertiary/aromatic N) is 3. The first kappa shape index (κ1) is 19.8. The molecule has 1 aliphatic rings. The molecule has 1 saturated heterocycles. The molecule has 138 valence electrons. The lowest BCUT2D eigenvalue weighted by molar-refractivity contribution is -0.121. The van der Waals surface area contributed by atoms with E-state index in [4.69, 9.17) is 5.73 Å². The van der Waals surface area contributed by atoms with Crippen LogP contribution in [0.4, 0.5) is 5.69 Å². The number of amidine groups is 1. The molecule has 0 saturated carbocycles. The number of imide groups is 1. The highest BCUT2D eigenvalue weighted by atomic mass is 79.9. The predicted molar refractivity (Wildman–Crippen MR) is 116 cm³/mol. The highest BCUT2D eigenvalue weighted by Gasteiger charge is 2.40. The number of hydrogen-bond donors (Lipinski definition) is 1. The Morgan fingerprint density at radius 3 is 2.30 bits per heavy atom. The third-order valence-corrected chi connectivity index (χ3v) is 5.72. The fourth-order valence-electron chi connectivity index (χ4n) is 2.43. The number of hydrogen-bond acceptors (Lipinski definition) is 5. The van der Waals surface area contributed by atoms with Gasteiger partial charge in [-0.15, -0.1) is 5.10 Å². The number of halogens is 2. The monoisotopic (exact) mass is 508 g/mol.